The molecule has 0 fully saturated rings. The van der Waals surface area contributed by atoms with Gasteiger partial charge >= 0.3 is 0 Å². The molecule has 17 heavy (non-hydrogen) atoms. The van der Waals surface area contributed by atoms with Crippen molar-refractivity contribution in [2.24, 2.45) is 0 Å². The highest BCUT2D eigenvalue weighted by Crippen LogP contribution is 2.28. The van der Waals surface area contributed by atoms with Gasteiger partial charge in [0, 0.05) is 11.1 Å². The van der Waals surface area contributed by atoms with Crippen LogP contribution in [-0.4, -0.2) is 19.1 Å². The third kappa shape index (κ3) is 3.41. The molecule has 0 aromatic heterocycles. The topological polar surface area (TPSA) is 77.3 Å². The highest BCUT2D eigenvalue weighted by molar-refractivity contribution is 7.91. The van der Waals surface area contributed by atoms with Crippen molar-refractivity contribution in [3.8, 4) is 0 Å². The van der Waals surface area contributed by atoms with Gasteiger partial charge in [-0.05, 0) is 18.6 Å². The Bertz CT molecular complexity index is 527. The van der Waals surface area contributed by atoms with Crippen LogP contribution in [0.2, 0.25) is 5.02 Å². The molecule has 0 aliphatic heterocycles. The van der Waals surface area contributed by atoms with Gasteiger partial charge in [-0.25, -0.2) is 8.42 Å². The summed E-state index contributed by atoms with van der Waals surface area (Å²) >= 11 is 5.62. The zero-order valence-electron chi connectivity index (χ0n) is 9.22. The lowest BCUT2D eigenvalue weighted by Crippen LogP contribution is -2.09. The van der Waals surface area contributed by atoms with Crippen LogP contribution in [0.5, 0.6) is 0 Å². The van der Waals surface area contributed by atoms with Crippen LogP contribution >= 0.6 is 11.6 Å². The van der Waals surface area contributed by atoms with Crippen molar-refractivity contribution in [1.29, 1.82) is 0 Å². The predicted molar refractivity (Wildman–Crippen MR) is 65.1 cm³/mol. The number of rotatable bonds is 5. The summed E-state index contributed by atoms with van der Waals surface area (Å²) in [7, 11) is -3.62. The second-order valence-electron chi connectivity index (χ2n) is 3.54. The van der Waals surface area contributed by atoms with Crippen molar-refractivity contribution in [2.45, 2.75) is 24.7 Å². The quantitative estimate of drug-likeness (QED) is 0.612. The smallest absolute Gasteiger partial charge is 0.258 e. The summed E-state index contributed by atoms with van der Waals surface area (Å²) in [4.78, 5) is 9.78. The molecule has 0 bridgehead atoms. The van der Waals surface area contributed by atoms with Crippen LogP contribution in [0.25, 0.3) is 0 Å². The van der Waals surface area contributed by atoms with E-state index in [4.69, 9.17) is 11.6 Å². The Morgan fingerprint density at radius 3 is 2.59 bits per heavy atom. The first kappa shape index (κ1) is 13.9. The van der Waals surface area contributed by atoms with Crippen LogP contribution in [0.4, 0.5) is 5.69 Å². The number of unbranched alkanes of at least 4 members (excludes halogenated alkanes) is 1. The average molecular weight is 278 g/mol. The maximum absolute atomic E-state index is 11.9. The molecule has 0 aliphatic carbocycles. The fraction of sp³-hybridized carbons (Fsp3) is 0.400. The first-order valence-corrected chi connectivity index (χ1v) is 7.08. The fourth-order valence-electron chi connectivity index (χ4n) is 1.34. The predicted octanol–water partition coefficient (Wildman–Crippen LogP) is 2.82. The zero-order valence-corrected chi connectivity index (χ0v) is 10.8. The second-order valence-corrected chi connectivity index (χ2v) is 6.06. The van der Waals surface area contributed by atoms with Crippen molar-refractivity contribution >= 4 is 27.1 Å². The molecule has 0 atom stereocenters. The largest absolute Gasteiger partial charge is 0.289 e. The highest BCUT2D eigenvalue weighted by Gasteiger charge is 2.25. The van der Waals surface area contributed by atoms with E-state index in [1.807, 2.05) is 6.92 Å². The van der Waals surface area contributed by atoms with Gasteiger partial charge in [0.1, 0.15) is 4.90 Å². The van der Waals surface area contributed by atoms with Gasteiger partial charge in [-0.3, -0.25) is 10.1 Å². The number of hydrogen-bond donors (Lipinski definition) is 0. The number of benzene rings is 1. The van der Waals surface area contributed by atoms with Gasteiger partial charge in [0.2, 0.25) is 0 Å². The molecule has 0 radical (unpaired) electrons. The van der Waals surface area contributed by atoms with E-state index < -0.39 is 20.4 Å². The second kappa shape index (κ2) is 5.46. The molecule has 0 heterocycles. The molecule has 0 N–H and O–H groups in total. The summed E-state index contributed by atoms with van der Waals surface area (Å²) in [6.07, 6.45) is 1.18. The first-order chi connectivity index (χ1) is 7.88. The summed E-state index contributed by atoms with van der Waals surface area (Å²) in [6.45, 7) is 1.85. The molecule has 0 saturated heterocycles. The number of nitrogens with zero attached hydrogens (tertiary/aromatic N) is 1. The van der Waals surface area contributed by atoms with Gasteiger partial charge in [0.25, 0.3) is 5.69 Å². The number of sulfone groups is 1. The molecule has 0 spiro atoms. The van der Waals surface area contributed by atoms with E-state index in [1.54, 1.807) is 0 Å². The molecule has 1 aromatic rings. The van der Waals surface area contributed by atoms with Gasteiger partial charge in [0.15, 0.2) is 9.84 Å². The van der Waals surface area contributed by atoms with Gasteiger partial charge in [-0.15, -0.1) is 0 Å². The molecular formula is C10H12ClNO4S. The van der Waals surface area contributed by atoms with Gasteiger partial charge in [-0.2, -0.15) is 0 Å². The number of halogens is 1. The zero-order chi connectivity index (χ0) is 13.1. The molecule has 0 aliphatic rings. The monoisotopic (exact) mass is 277 g/mol. The summed E-state index contributed by atoms with van der Waals surface area (Å²) in [5.74, 6) is -0.0913. The Kier molecular flexibility index (Phi) is 4.47. The van der Waals surface area contributed by atoms with Crippen LogP contribution < -0.4 is 0 Å². The standard InChI is InChI=1S/C10H12ClNO4S/c1-2-3-6-17(15,16)10-5-4-8(11)7-9(10)12(13)14/h4-5,7H,2-3,6H2,1H3. The summed E-state index contributed by atoms with van der Waals surface area (Å²) in [6, 6.07) is 3.58. The minimum Gasteiger partial charge on any atom is -0.258 e. The van der Waals surface area contributed by atoms with Crippen LogP contribution in [0.1, 0.15) is 19.8 Å². The molecule has 94 valence electrons. The van der Waals surface area contributed by atoms with E-state index in [-0.39, 0.29) is 15.7 Å². The molecule has 0 amide bonds. The Balaban J connectivity index is 3.26. The summed E-state index contributed by atoms with van der Waals surface area (Å²) in [5.41, 5.74) is -0.464. The highest BCUT2D eigenvalue weighted by atomic mass is 35.5. The number of nitro benzene ring substituents is 1. The molecule has 0 unspecified atom stereocenters. The van der Waals surface area contributed by atoms with E-state index in [1.165, 1.54) is 12.1 Å². The molecular weight excluding hydrogens is 266 g/mol. The van der Waals surface area contributed by atoms with E-state index in [2.05, 4.69) is 0 Å². The summed E-state index contributed by atoms with van der Waals surface area (Å²) < 4.78 is 23.8. The Labute approximate surface area is 104 Å². The molecule has 7 heteroatoms. The number of hydrogen-bond acceptors (Lipinski definition) is 4. The third-order valence-corrected chi connectivity index (χ3v) is 4.30. The average Bonchev–Trinajstić information content (AvgIpc) is 2.26. The van der Waals surface area contributed by atoms with E-state index >= 15 is 0 Å². The first-order valence-electron chi connectivity index (χ1n) is 5.05. The summed E-state index contributed by atoms with van der Waals surface area (Å²) in [5, 5.41) is 10.9. The SMILES string of the molecule is CCCCS(=O)(=O)c1ccc(Cl)cc1[N+](=O)[O-]. The van der Waals surface area contributed by atoms with Gasteiger partial charge < -0.3 is 0 Å². The van der Waals surface area contributed by atoms with Crippen molar-refractivity contribution in [1.82, 2.24) is 0 Å². The third-order valence-electron chi connectivity index (χ3n) is 2.22. The van der Waals surface area contributed by atoms with Gasteiger partial charge in [-0.1, -0.05) is 24.9 Å². The van der Waals surface area contributed by atoms with Crippen LogP contribution in [0, 0.1) is 10.1 Å². The van der Waals surface area contributed by atoms with E-state index in [9.17, 15) is 18.5 Å². The van der Waals surface area contributed by atoms with Crippen LogP contribution in [0.15, 0.2) is 23.1 Å². The fourth-order valence-corrected chi connectivity index (χ4v) is 3.12. The lowest BCUT2D eigenvalue weighted by molar-refractivity contribution is -0.387. The van der Waals surface area contributed by atoms with Gasteiger partial charge in [0.05, 0.1) is 10.7 Å². The lowest BCUT2D eigenvalue weighted by atomic mass is 10.3. The molecule has 5 nitrogen and oxygen atoms in total. The van der Waals surface area contributed by atoms with Crippen LogP contribution in [-0.2, 0) is 9.84 Å². The maximum atomic E-state index is 11.9. The molecule has 1 rings (SSSR count). The van der Waals surface area contributed by atoms with E-state index in [0.29, 0.717) is 12.8 Å². The molecule has 1 aromatic carbocycles. The lowest BCUT2D eigenvalue weighted by Gasteiger charge is -2.04. The maximum Gasteiger partial charge on any atom is 0.289 e. The Hall–Kier alpha value is -1.14. The van der Waals surface area contributed by atoms with Crippen LogP contribution in [0.3, 0.4) is 0 Å². The normalized spacial score (nSPS) is 11.4. The van der Waals surface area contributed by atoms with E-state index in [0.717, 1.165) is 6.07 Å². The van der Waals surface area contributed by atoms with Crippen molar-refractivity contribution in [3.05, 3.63) is 33.3 Å². The minimum atomic E-state index is -3.62. The van der Waals surface area contributed by atoms with Crippen molar-refractivity contribution in [2.75, 3.05) is 5.75 Å². The number of nitro groups is 1. The Morgan fingerprint density at radius 1 is 1.41 bits per heavy atom. The minimum absolute atomic E-state index is 0.0913. The van der Waals surface area contributed by atoms with Crippen molar-refractivity contribution in [3.63, 3.8) is 0 Å². The van der Waals surface area contributed by atoms with Crippen molar-refractivity contribution < 1.29 is 13.3 Å². The Morgan fingerprint density at radius 2 is 2.06 bits per heavy atom. The molecule has 0 saturated carbocycles.